The Labute approximate surface area is 294 Å². The minimum atomic E-state index is -0.460. The Morgan fingerprint density at radius 2 is 1.39 bits per heavy atom. The van der Waals surface area contributed by atoms with E-state index < -0.39 is 6.17 Å². The van der Waals surface area contributed by atoms with Crippen LogP contribution < -0.4 is 5.32 Å². The molecule has 0 radical (unpaired) electrons. The fraction of sp³-hybridized carbons (Fsp3) is 0.0444. The van der Waals surface area contributed by atoms with E-state index in [4.69, 9.17) is 18.8 Å². The number of aliphatic imine (C=N–C) groups is 3. The van der Waals surface area contributed by atoms with Gasteiger partial charge >= 0.3 is 0 Å². The number of fused-ring (bicyclic) bond motifs is 4. The summed E-state index contributed by atoms with van der Waals surface area (Å²) >= 11 is 0. The van der Waals surface area contributed by atoms with E-state index in [2.05, 4.69) is 95.9 Å². The van der Waals surface area contributed by atoms with Crippen molar-refractivity contribution in [1.29, 1.82) is 0 Å². The second kappa shape index (κ2) is 12.6. The van der Waals surface area contributed by atoms with Crippen molar-refractivity contribution in [2.45, 2.75) is 13.1 Å². The van der Waals surface area contributed by atoms with Gasteiger partial charge in [0.2, 0.25) is 5.88 Å². The molecule has 6 heteroatoms. The zero-order chi connectivity index (χ0) is 34.3. The molecule has 0 spiro atoms. The Morgan fingerprint density at radius 3 is 2.20 bits per heavy atom. The van der Waals surface area contributed by atoms with Crippen LogP contribution in [0, 0.1) is 0 Å². The SMILES string of the molecule is C=Nc1oc2ccc(-c3cccc(-c4ccccc4)c3)c(C3=NC(c4ccccc4)=NC(c4ccc5c(c4)oc4ccccc45)N3)c2c1/C=C\C. The molecule has 1 aliphatic rings. The van der Waals surface area contributed by atoms with E-state index in [1.165, 1.54) is 0 Å². The zero-order valence-corrected chi connectivity index (χ0v) is 27.9. The minimum Gasteiger partial charge on any atom is -0.456 e. The summed E-state index contributed by atoms with van der Waals surface area (Å²) < 4.78 is 12.6. The number of benzene rings is 6. The standard InChI is InChI=1S/C45H32N4O2/c1-3-13-36-40-38(51-45(36)46-2)25-24-33(31-19-12-18-30(26-31)28-14-6-4-7-15-28)41(40)44-48-42(29-16-8-5-9-17-29)47-43(49-44)32-22-23-35-34-20-10-11-21-37(34)50-39(35)27-32/h3-27,43H,2H2,1H3,(H,47,48,49)/b13-3-. The third-order valence-electron chi connectivity index (χ3n) is 9.36. The molecule has 1 unspecified atom stereocenters. The molecule has 1 N–H and O–H groups in total. The largest absolute Gasteiger partial charge is 0.456 e. The highest BCUT2D eigenvalue weighted by Gasteiger charge is 2.28. The first-order chi connectivity index (χ1) is 25.2. The molecular formula is C45H32N4O2. The average Bonchev–Trinajstić information content (AvgIpc) is 3.75. The lowest BCUT2D eigenvalue weighted by atomic mass is 9.91. The van der Waals surface area contributed by atoms with Gasteiger partial charge in [0.15, 0.2) is 5.84 Å². The van der Waals surface area contributed by atoms with Crippen LogP contribution in [0.1, 0.15) is 35.3 Å². The highest BCUT2D eigenvalue weighted by molar-refractivity contribution is 6.22. The molecule has 6 aromatic carbocycles. The number of furan rings is 2. The highest BCUT2D eigenvalue weighted by Crippen LogP contribution is 2.41. The van der Waals surface area contributed by atoms with Crippen molar-refractivity contribution in [3.8, 4) is 22.3 Å². The van der Waals surface area contributed by atoms with Gasteiger partial charge in [0.25, 0.3) is 0 Å². The van der Waals surface area contributed by atoms with Gasteiger partial charge in [-0.05, 0) is 66.2 Å². The van der Waals surface area contributed by atoms with Gasteiger partial charge in [0.1, 0.15) is 28.8 Å². The number of amidine groups is 2. The lowest BCUT2D eigenvalue weighted by Crippen LogP contribution is -2.34. The van der Waals surface area contributed by atoms with E-state index in [-0.39, 0.29) is 0 Å². The molecular weight excluding hydrogens is 629 g/mol. The second-order valence-corrected chi connectivity index (χ2v) is 12.5. The molecule has 0 fully saturated rings. The van der Waals surface area contributed by atoms with E-state index in [0.717, 1.165) is 71.8 Å². The Hall–Kier alpha value is -6.79. The molecule has 1 aliphatic heterocycles. The fourth-order valence-corrected chi connectivity index (χ4v) is 7.00. The number of para-hydroxylation sites is 1. The van der Waals surface area contributed by atoms with Crippen LogP contribution in [0.3, 0.4) is 0 Å². The van der Waals surface area contributed by atoms with Gasteiger partial charge in [-0.3, -0.25) is 0 Å². The van der Waals surface area contributed by atoms with Crippen LogP contribution in [0.4, 0.5) is 5.88 Å². The summed E-state index contributed by atoms with van der Waals surface area (Å²) in [5.41, 5.74) is 10.3. The fourth-order valence-electron chi connectivity index (χ4n) is 7.00. The van der Waals surface area contributed by atoms with E-state index in [0.29, 0.717) is 23.1 Å². The van der Waals surface area contributed by atoms with Crippen LogP contribution in [0.2, 0.25) is 0 Å². The van der Waals surface area contributed by atoms with Gasteiger partial charge < -0.3 is 14.2 Å². The Morgan fingerprint density at radius 1 is 0.667 bits per heavy atom. The number of hydrogen-bond acceptors (Lipinski definition) is 6. The first kappa shape index (κ1) is 30.3. The van der Waals surface area contributed by atoms with Gasteiger partial charge in [-0.2, -0.15) is 0 Å². The van der Waals surface area contributed by atoms with Crippen molar-refractivity contribution < 1.29 is 8.83 Å². The zero-order valence-electron chi connectivity index (χ0n) is 27.9. The molecule has 0 saturated heterocycles. The first-order valence-electron chi connectivity index (χ1n) is 16.9. The van der Waals surface area contributed by atoms with E-state index in [1.807, 2.05) is 79.7 Å². The van der Waals surface area contributed by atoms with Crippen LogP contribution in [-0.4, -0.2) is 18.4 Å². The monoisotopic (exact) mass is 660 g/mol. The quantitative estimate of drug-likeness (QED) is 0.173. The summed E-state index contributed by atoms with van der Waals surface area (Å²) in [7, 11) is 0. The Kier molecular flexibility index (Phi) is 7.47. The third-order valence-corrected chi connectivity index (χ3v) is 9.36. The predicted octanol–water partition coefficient (Wildman–Crippen LogP) is 11.5. The molecule has 51 heavy (non-hydrogen) atoms. The van der Waals surface area contributed by atoms with Crippen molar-refractivity contribution in [2.24, 2.45) is 15.0 Å². The summed E-state index contributed by atoms with van der Waals surface area (Å²) in [6.45, 7) is 5.81. The van der Waals surface area contributed by atoms with Crippen molar-refractivity contribution >= 4 is 63.3 Å². The van der Waals surface area contributed by atoms with Crippen LogP contribution in [0.5, 0.6) is 0 Å². The summed E-state index contributed by atoms with van der Waals surface area (Å²) in [4.78, 5) is 14.7. The average molecular weight is 661 g/mol. The van der Waals surface area contributed by atoms with E-state index >= 15 is 0 Å². The van der Waals surface area contributed by atoms with Crippen molar-refractivity contribution in [3.05, 3.63) is 168 Å². The van der Waals surface area contributed by atoms with E-state index in [1.54, 1.807) is 0 Å². The van der Waals surface area contributed by atoms with Gasteiger partial charge in [-0.25, -0.2) is 15.0 Å². The van der Waals surface area contributed by atoms with Crippen molar-refractivity contribution in [2.75, 3.05) is 0 Å². The molecule has 1 atom stereocenters. The van der Waals surface area contributed by atoms with Gasteiger partial charge in [0, 0.05) is 38.4 Å². The molecule has 0 bridgehead atoms. The lowest BCUT2D eigenvalue weighted by Gasteiger charge is -2.25. The predicted molar refractivity (Wildman–Crippen MR) is 210 cm³/mol. The molecule has 2 aromatic heterocycles. The number of allylic oxidation sites excluding steroid dienone is 1. The Bertz CT molecular complexity index is 2700. The number of nitrogens with zero attached hydrogens (tertiary/aromatic N) is 3. The first-order valence-corrected chi connectivity index (χ1v) is 16.9. The molecule has 8 aromatic rings. The molecule has 244 valence electrons. The number of rotatable bonds is 7. The molecule has 3 heterocycles. The molecule has 9 rings (SSSR count). The van der Waals surface area contributed by atoms with Gasteiger partial charge in [-0.1, -0.05) is 121 Å². The van der Waals surface area contributed by atoms with Gasteiger partial charge in [0.05, 0.1) is 0 Å². The molecule has 0 amide bonds. The van der Waals surface area contributed by atoms with E-state index in [9.17, 15) is 0 Å². The van der Waals surface area contributed by atoms with Crippen LogP contribution in [0.25, 0.3) is 61.2 Å². The summed E-state index contributed by atoms with van der Waals surface area (Å²) in [5, 5.41) is 6.78. The maximum atomic E-state index is 6.31. The maximum Gasteiger partial charge on any atom is 0.226 e. The second-order valence-electron chi connectivity index (χ2n) is 12.5. The topological polar surface area (TPSA) is 75.4 Å². The van der Waals surface area contributed by atoms with Crippen LogP contribution >= 0.6 is 0 Å². The number of hydrogen-bond donors (Lipinski definition) is 1. The maximum absolute atomic E-state index is 6.31. The lowest BCUT2D eigenvalue weighted by molar-refractivity contribution is 0.626. The highest BCUT2D eigenvalue weighted by atomic mass is 16.3. The summed E-state index contributed by atoms with van der Waals surface area (Å²) in [5.74, 6) is 1.75. The normalized spacial score (nSPS) is 14.6. The van der Waals surface area contributed by atoms with Gasteiger partial charge in [-0.15, -0.1) is 0 Å². The van der Waals surface area contributed by atoms with Crippen molar-refractivity contribution in [3.63, 3.8) is 0 Å². The third kappa shape index (κ3) is 5.34. The summed E-state index contributed by atoms with van der Waals surface area (Å²) in [6, 6.07) is 47.7. The minimum absolute atomic E-state index is 0.458. The summed E-state index contributed by atoms with van der Waals surface area (Å²) in [6.07, 6.45) is 3.55. The number of nitrogens with one attached hydrogen (secondary N) is 1. The van der Waals surface area contributed by atoms with Crippen LogP contribution in [-0.2, 0) is 0 Å². The molecule has 0 aliphatic carbocycles. The smallest absolute Gasteiger partial charge is 0.226 e. The van der Waals surface area contributed by atoms with Crippen LogP contribution in [0.15, 0.2) is 169 Å². The Balaban J connectivity index is 1.28. The molecule has 0 saturated carbocycles. The molecule has 6 nitrogen and oxygen atoms in total. The van der Waals surface area contributed by atoms with Crippen molar-refractivity contribution in [1.82, 2.24) is 5.32 Å².